The van der Waals surface area contributed by atoms with E-state index < -0.39 is 6.10 Å². The van der Waals surface area contributed by atoms with E-state index in [9.17, 15) is 5.11 Å². The Balaban J connectivity index is 2.10. The van der Waals surface area contributed by atoms with Crippen LogP contribution in [0, 0.1) is 5.92 Å². The summed E-state index contributed by atoms with van der Waals surface area (Å²) in [5.41, 5.74) is 0.917. The molecule has 1 aromatic carbocycles. The number of halogens is 1. The standard InChI is InChI=1S/C14H19ClO3/c1-9-5-6-18-14(9)12(16)8-10-7-11(15)3-4-13(10)17-2/h3-4,7,9,12,14,16H,5-6,8H2,1-2H3. The van der Waals surface area contributed by atoms with E-state index >= 15 is 0 Å². The minimum absolute atomic E-state index is 0.0892. The van der Waals surface area contributed by atoms with Crippen molar-refractivity contribution in [3.05, 3.63) is 28.8 Å². The number of aliphatic hydroxyl groups excluding tert-OH is 1. The van der Waals surface area contributed by atoms with Gasteiger partial charge in [-0.15, -0.1) is 0 Å². The third-order valence-electron chi connectivity index (χ3n) is 3.50. The second-order valence-corrected chi connectivity index (χ2v) is 5.27. The highest BCUT2D eigenvalue weighted by Gasteiger charge is 2.31. The van der Waals surface area contributed by atoms with Crippen LogP contribution in [-0.2, 0) is 11.2 Å². The van der Waals surface area contributed by atoms with E-state index in [1.165, 1.54) is 0 Å². The fourth-order valence-electron chi connectivity index (χ4n) is 2.46. The van der Waals surface area contributed by atoms with Gasteiger partial charge in [0.1, 0.15) is 5.75 Å². The predicted molar refractivity (Wildman–Crippen MR) is 71.2 cm³/mol. The zero-order chi connectivity index (χ0) is 13.1. The maximum Gasteiger partial charge on any atom is 0.122 e. The Morgan fingerprint density at radius 3 is 2.94 bits per heavy atom. The first-order valence-electron chi connectivity index (χ1n) is 6.24. The number of hydrogen-bond acceptors (Lipinski definition) is 3. The first kappa shape index (κ1) is 13.7. The molecule has 0 radical (unpaired) electrons. The van der Waals surface area contributed by atoms with Gasteiger partial charge in [-0.25, -0.2) is 0 Å². The highest BCUT2D eigenvalue weighted by molar-refractivity contribution is 6.30. The van der Waals surface area contributed by atoms with E-state index in [1.807, 2.05) is 12.1 Å². The van der Waals surface area contributed by atoms with Crippen molar-refractivity contribution in [1.29, 1.82) is 0 Å². The summed E-state index contributed by atoms with van der Waals surface area (Å²) in [6.45, 7) is 2.84. The normalized spacial score (nSPS) is 25.1. The maximum absolute atomic E-state index is 10.3. The number of rotatable bonds is 4. The Bertz CT molecular complexity index is 408. The average Bonchev–Trinajstić information content (AvgIpc) is 2.76. The summed E-state index contributed by atoms with van der Waals surface area (Å²) >= 11 is 5.98. The predicted octanol–water partition coefficient (Wildman–Crippen LogP) is 2.68. The van der Waals surface area contributed by atoms with Crippen LogP contribution in [0.1, 0.15) is 18.9 Å². The van der Waals surface area contributed by atoms with Crippen LogP contribution in [-0.4, -0.2) is 31.0 Å². The van der Waals surface area contributed by atoms with Gasteiger partial charge in [0.15, 0.2) is 0 Å². The second-order valence-electron chi connectivity index (χ2n) is 4.83. The van der Waals surface area contributed by atoms with Gasteiger partial charge < -0.3 is 14.6 Å². The summed E-state index contributed by atoms with van der Waals surface area (Å²) in [5, 5.41) is 10.9. The lowest BCUT2D eigenvalue weighted by Crippen LogP contribution is -2.31. The lowest BCUT2D eigenvalue weighted by Gasteiger charge is -2.22. The van der Waals surface area contributed by atoms with Gasteiger partial charge in [-0.2, -0.15) is 0 Å². The topological polar surface area (TPSA) is 38.7 Å². The fourth-order valence-corrected chi connectivity index (χ4v) is 2.65. The molecule has 0 aromatic heterocycles. The lowest BCUT2D eigenvalue weighted by molar-refractivity contribution is -0.0159. The third kappa shape index (κ3) is 2.97. The number of hydrogen-bond donors (Lipinski definition) is 1. The first-order valence-corrected chi connectivity index (χ1v) is 6.61. The summed E-state index contributed by atoms with van der Waals surface area (Å²) in [7, 11) is 1.62. The molecule has 1 fully saturated rings. The molecule has 0 amide bonds. The van der Waals surface area contributed by atoms with Crippen molar-refractivity contribution in [3.63, 3.8) is 0 Å². The molecule has 0 aliphatic carbocycles. The van der Waals surface area contributed by atoms with Crippen LogP contribution in [0.15, 0.2) is 18.2 Å². The van der Waals surface area contributed by atoms with Crippen molar-refractivity contribution >= 4 is 11.6 Å². The van der Waals surface area contributed by atoms with Crippen molar-refractivity contribution in [2.24, 2.45) is 5.92 Å². The zero-order valence-electron chi connectivity index (χ0n) is 10.7. The van der Waals surface area contributed by atoms with E-state index in [0.717, 1.165) is 24.3 Å². The maximum atomic E-state index is 10.3. The SMILES string of the molecule is COc1ccc(Cl)cc1CC(O)C1OCCC1C. The second kappa shape index (κ2) is 5.91. The Kier molecular flexibility index (Phi) is 4.49. The highest BCUT2D eigenvalue weighted by atomic mass is 35.5. The monoisotopic (exact) mass is 270 g/mol. The van der Waals surface area contributed by atoms with Crippen LogP contribution in [0.4, 0.5) is 0 Å². The van der Waals surface area contributed by atoms with Crippen molar-refractivity contribution < 1.29 is 14.6 Å². The molecule has 1 aliphatic heterocycles. The molecule has 3 unspecified atom stereocenters. The van der Waals surface area contributed by atoms with Crippen LogP contribution in [0.3, 0.4) is 0 Å². The van der Waals surface area contributed by atoms with E-state index in [4.69, 9.17) is 21.1 Å². The quantitative estimate of drug-likeness (QED) is 0.914. The van der Waals surface area contributed by atoms with Crippen molar-refractivity contribution in [2.75, 3.05) is 13.7 Å². The van der Waals surface area contributed by atoms with Crippen LogP contribution >= 0.6 is 11.6 Å². The van der Waals surface area contributed by atoms with E-state index in [0.29, 0.717) is 17.4 Å². The van der Waals surface area contributed by atoms with Crippen LogP contribution < -0.4 is 4.74 Å². The molecular weight excluding hydrogens is 252 g/mol. The third-order valence-corrected chi connectivity index (χ3v) is 3.73. The van der Waals surface area contributed by atoms with E-state index in [2.05, 4.69) is 6.92 Å². The molecule has 1 aromatic rings. The molecular formula is C14H19ClO3. The first-order chi connectivity index (χ1) is 8.61. The van der Waals surface area contributed by atoms with Gasteiger partial charge in [-0.3, -0.25) is 0 Å². The Hall–Kier alpha value is -0.770. The Labute approximate surface area is 113 Å². The average molecular weight is 271 g/mol. The number of ether oxygens (including phenoxy) is 2. The summed E-state index contributed by atoms with van der Waals surface area (Å²) < 4.78 is 10.9. The minimum Gasteiger partial charge on any atom is -0.496 e. The molecule has 1 saturated heterocycles. The molecule has 4 heteroatoms. The van der Waals surface area contributed by atoms with Gasteiger partial charge in [0.05, 0.1) is 19.3 Å². The summed E-state index contributed by atoms with van der Waals surface area (Å²) in [4.78, 5) is 0. The number of aliphatic hydroxyl groups is 1. The van der Waals surface area contributed by atoms with Gasteiger partial charge in [-0.1, -0.05) is 18.5 Å². The molecule has 3 nitrogen and oxygen atoms in total. The molecule has 1 N–H and O–H groups in total. The summed E-state index contributed by atoms with van der Waals surface area (Å²) in [6, 6.07) is 5.44. The number of methoxy groups -OCH3 is 1. The molecule has 3 atom stereocenters. The summed E-state index contributed by atoms with van der Waals surface area (Å²) in [6.07, 6.45) is 0.899. The van der Waals surface area contributed by atoms with Crippen LogP contribution in [0.25, 0.3) is 0 Å². The molecule has 1 heterocycles. The van der Waals surface area contributed by atoms with Gasteiger partial charge in [-0.05, 0) is 36.1 Å². The minimum atomic E-state index is -0.519. The number of benzene rings is 1. The van der Waals surface area contributed by atoms with Gasteiger partial charge >= 0.3 is 0 Å². The Morgan fingerprint density at radius 2 is 2.33 bits per heavy atom. The smallest absolute Gasteiger partial charge is 0.122 e. The van der Waals surface area contributed by atoms with E-state index in [1.54, 1.807) is 13.2 Å². The van der Waals surface area contributed by atoms with Gasteiger partial charge in [0, 0.05) is 18.1 Å². The highest BCUT2D eigenvalue weighted by Crippen LogP contribution is 2.28. The van der Waals surface area contributed by atoms with Crippen molar-refractivity contribution in [1.82, 2.24) is 0 Å². The molecule has 2 rings (SSSR count). The fraction of sp³-hybridized carbons (Fsp3) is 0.571. The van der Waals surface area contributed by atoms with Crippen LogP contribution in [0.5, 0.6) is 5.75 Å². The molecule has 100 valence electrons. The van der Waals surface area contributed by atoms with Gasteiger partial charge in [0.2, 0.25) is 0 Å². The largest absolute Gasteiger partial charge is 0.496 e. The molecule has 0 saturated carbocycles. The molecule has 1 aliphatic rings. The van der Waals surface area contributed by atoms with Gasteiger partial charge in [0.25, 0.3) is 0 Å². The van der Waals surface area contributed by atoms with Crippen molar-refractivity contribution in [3.8, 4) is 5.75 Å². The zero-order valence-corrected chi connectivity index (χ0v) is 11.5. The van der Waals surface area contributed by atoms with E-state index in [-0.39, 0.29) is 6.10 Å². The molecule has 0 spiro atoms. The van der Waals surface area contributed by atoms with Crippen molar-refractivity contribution in [2.45, 2.75) is 32.0 Å². The Morgan fingerprint density at radius 1 is 1.56 bits per heavy atom. The lowest BCUT2D eigenvalue weighted by atomic mass is 9.95. The summed E-state index contributed by atoms with van der Waals surface area (Å²) in [5.74, 6) is 1.15. The van der Waals surface area contributed by atoms with Crippen LogP contribution in [0.2, 0.25) is 5.02 Å². The molecule has 18 heavy (non-hydrogen) atoms. The molecule has 0 bridgehead atoms.